The van der Waals surface area contributed by atoms with Crippen LogP contribution in [0.25, 0.3) is 0 Å². The number of ketones is 1. The zero-order chi connectivity index (χ0) is 9.42. The molecule has 0 aromatic rings. The highest BCUT2D eigenvalue weighted by molar-refractivity contribution is 5.86. The van der Waals surface area contributed by atoms with E-state index in [2.05, 4.69) is 13.8 Å². The van der Waals surface area contributed by atoms with Gasteiger partial charge < -0.3 is 0 Å². The van der Waals surface area contributed by atoms with Crippen LogP contribution in [0.3, 0.4) is 0 Å². The Morgan fingerprint density at radius 3 is 2.85 bits per heavy atom. The molecule has 0 amide bonds. The van der Waals surface area contributed by atoms with Gasteiger partial charge >= 0.3 is 0 Å². The van der Waals surface area contributed by atoms with E-state index in [1.54, 1.807) is 0 Å². The molecule has 1 heteroatoms. The topological polar surface area (TPSA) is 17.1 Å². The van der Waals surface area contributed by atoms with Crippen LogP contribution in [0, 0.1) is 23.7 Å². The molecule has 0 unspecified atom stereocenters. The molecule has 2 rings (SSSR count). The molecule has 0 heterocycles. The normalized spacial score (nSPS) is 37.8. The maximum absolute atomic E-state index is 11.8. The number of fused-ring (bicyclic) bond motifs is 1. The zero-order valence-electron chi connectivity index (χ0n) is 8.75. The molecule has 2 fully saturated rings. The Morgan fingerprint density at radius 1 is 1.38 bits per heavy atom. The van der Waals surface area contributed by atoms with Crippen molar-refractivity contribution >= 4 is 5.78 Å². The summed E-state index contributed by atoms with van der Waals surface area (Å²) in [5, 5.41) is 0. The van der Waals surface area contributed by atoms with Crippen molar-refractivity contribution in [1.82, 2.24) is 0 Å². The molecule has 0 N–H and O–H groups in total. The number of hydrogen-bond acceptors (Lipinski definition) is 1. The Hall–Kier alpha value is -0.330. The molecule has 0 bridgehead atoms. The monoisotopic (exact) mass is 180 g/mol. The van der Waals surface area contributed by atoms with Crippen molar-refractivity contribution in [3.8, 4) is 0 Å². The van der Waals surface area contributed by atoms with Gasteiger partial charge in [0, 0.05) is 11.8 Å². The molecule has 0 aromatic carbocycles. The lowest BCUT2D eigenvalue weighted by Crippen LogP contribution is -2.22. The summed E-state index contributed by atoms with van der Waals surface area (Å²) in [6.07, 6.45) is 6.12. The molecule has 2 saturated carbocycles. The summed E-state index contributed by atoms with van der Waals surface area (Å²) in [4.78, 5) is 11.8. The Morgan fingerprint density at radius 2 is 2.15 bits per heavy atom. The van der Waals surface area contributed by atoms with Gasteiger partial charge in [-0.3, -0.25) is 4.79 Å². The van der Waals surface area contributed by atoms with E-state index in [1.807, 2.05) is 0 Å². The Balaban J connectivity index is 1.81. The Labute approximate surface area is 80.9 Å². The van der Waals surface area contributed by atoms with Crippen molar-refractivity contribution in [2.75, 3.05) is 0 Å². The number of carbonyl (C=O) groups is 1. The first-order valence-electron chi connectivity index (χ1n) is 5.72. The predicted octanol–water partition coefficient (Wildman–Crippen LogP) is 3.04. The van der Waals surface area contributed by atoms with E-state index in [0.29, 0.717) is 17.6 Å². The van der Waals surface area contributed by atoms with Crippen LogP contribution in [0.2, 0.25) is 0 Å². The standard InChI is InChI=1S/C12H20O/c1-8(2)3-4-9-5-6-10-7-11(10)12(9)13/h8-11H,3-7H2,1-2H3/t9-,10+,11+/m1/s1. The summed E-state index contributed by atoms with van der Waals surface area (Å²) in [5.74, 6) is 3.11. The van der Waals surface area contributed by atoms with Gasteiger partial charge in [0.1, 0.15) is 5.78 Å². The molecular formula is C12H20O. The highest BCUT2D eigenvalue weighted by Crippen LogP contribution is 2.50. The molecule has 0 spiro atoms. The van der Waals surface area contributed by atoms with Crippen molar-refractivity contribution in [1.29, 1.82) is 0 Å². The number of hydrogen-bond donors (Lipinski definition) is 0. The van der Waals surface area contributed by atoms with E-state index >= 15 is 0 Å². The van der Waals surface area contributed by atoms with Crippen LogP contribution in [0.1, 0.15) is 46.0 Å². The average Bonchev–Trinajstić information content (AvgIpc) is 2.82. The second kappa shape index (κ2) is 3.43. The fourth-order valence-corrected chi connectivity index (χ4v) is 2.60. The summed E-state index contributed by atoms with van der Waals surface area (Å²) in [6.45, 7) is 4.49. The molecule has 0 aromatic heterocycles. The third-order valence-corrected chi connectivity index (χ3v) is 3.67. The van der Waals surface area contributed by atoms with E-state index in [1.165, 1.54) is 25.7 Å². The van der Waals surface area contributed by atoms with Gasteiger partial charge in [0.25, 0.3) is 0 Å². The van der Waals surface area contributed by atoms with E-state index in [9.17, 15) is 4.79 Å². The third-order valence-electron chi connectivity index (χ3n) is 3.67. The predicted molar refractivity (Wildman–Crippen MR) is 53.4 cm³/mol. The summed E-state index contributed by atoms with van der Waals surface area (Å²) in [6, 6.07) is 0. The van der Waals surface area contributed by atoms with Crippen molar-refractivity contribution in [2.45, 2.75) is 46.0 Å². The Kier molecular flexibility index (Phi) is 2.44. The van der Waals surface area contributed by atoms with E-state index in [-0.39, 0.29) is 0 Å². The van der Waals surface area contributed by atoms with Gasteiger partial charge in [-0.1, -0.05) is 20.3 Å². The number of carbonyl (C=O) groups excluding carboxylic acids is 1. The van der Waals surface area contributed by atoms with Crippen molar-refractivity contribution in [2.24, 2.45) is 23.7 Å². The Bertz CT molecular complexity index is 207. The quantitative estimate of drug-likeness (QED) is 0.652. The maximum atomic E-state index is 11.8. The number of rotatable bonds is 3. The lowest BCUT2D eigenvalue weighted by Gasteiger charge is -2.20. The molecular weight excluding hydrogens is 160 g/mol. The first kappa shape index (κ1) is 9.23. The molecule has 3 atom stereocenters. The van der Waals surface area contributed by atoms with Gasteiger partial charge in [-0.15, -0.1) is 0 Å². The van der Waals surface area contributed by atoms with Crippen LogP contribution in [0.15, 0.2) is 0 Å². The summed E-state index contributed by atoms with van der Waals surface area (Å²) in [7, 11) is 0. The minimum Gasteiger partial charge on any atom is -0.299 e. The molecule has 0 aliphatic heterocycles. The average molecular weight is 180 g/mol. The smallest absolute Gasteiger partial charge is 0.139 e. The van der Waals surface area contributed by atoms with Gasteiger partial charge in [-0.25, -0.2) is 0 Å². The summed E-state index contributed by atoms with van der Waals surface area (Å²) < 4.78 is 0. The van der Waals surface area contributed by atoms with Crippen LogP contribution in [-0.2, 0) is 4.79 Å². The highest BCUT2D eigenvalue weighted by Gasteiger charge is 2.48. The first-order valence-corrected chi connectivity index (χ1v) is 5.72. The van der Waals surface area contributed by atoms with Crippen LogP contribution < -0.4 is 0 Å². The van der Waals surface area contributed by atoms with Gasteiger partial charge in [0.2, 0.25) is 0 Å². The fraction of sp³-hybridized carbons (Fsp3) is 0.917. The van der Waals surface area contributed by atoms with Gasteiger partial charge in [0.15, 0.2) is 0 Å². The van der Waals surface area contributed by atoms with Crippen LogP contribution in [0.4, 0.5) is 0 Å². The molecule has 0 saturated heterocycles. The molecule has 0 radical (unpaired) electrons. The largest absolute Gasteiger partial charge is 0.299 e. The minimum absolute atomic E-state index is 0.436. The highest BCUT2D eigenvalue weighted by atomic mass is 16.1. The van der Waals surface area contributed by atoms with Crippen molar-refractivity contribution in [3.05, 3.63) is 0 Å². The molecule has 2 aliphatic carbocycles. The van der Waals surface area contributed by atoms with Crippen LogP contribution in [-0.4, -0.2) is 5.78 Å². The van der Waals surface area contributed by atoms with E-state index in [4.69, 9.17) is 0 Å². The van der Waals surface area contributed by atoms with E-state index in [0.717, 1.165) is 18.3 Å². The SMILES string of the molecule is CC(C)CC[C@@H]1CC[C@H]2C[C@@H]2C1=O. The second-order valence-electron chi connectivity index (χ2n) is 5.25. The van der Waals surface area contributed by atoms with Crippen molar-refractivity contribution in [3.63, 3.8) is 0 Å². The zero-order valence-corrected chi connectivity index (χ0v) is 8.75. The van der Waals surface area contributed by atoms with E-state index < -0.39 is 0 Å². The lowest BCUT2D eigenvalue weighted by atomic mass is 9.83. The van der Waals surface area contributed by atoms with Gasteiger partial charge in [0.05, 0.1) is 0 Å². The first-order chi connectivity index (χ1) is 6.18. The lowest BCUT2D eigenvalue weighted by molar-refractivity contribution is -0.126. The molecule has 13 heavy (non-hydrogen) atoms. The van der Waals surface area contributed by atoms with Crippen molar-refractivity contribution < 1.29 is 4.79 Å². The van der Waals surface area contributed by atoms with Crippen LogP contribution in [0.5, 0.6) is 0 Å². The fourth-order valence-electron chi connectivity index (χ4n) is 2.60. The summed E-state index contributed by atoms with van der Waals surface area (Å²) >= 11 is 0. The third kappa shape index (κ3) is 1.95. The maximum Gasteiger partial charge on any atom is 0.139 e. The molecule has 1 nitrogen and oxygen atoms in total. The summed E-state index contributed by atoms with van der Waals surface area (Å²) in [5.41, 5.74) is 0. The van der Waals surface area contributed by atoms with Gasteiger partial charge in [-0.05, 0) is 37.5 Å². The van der Waals surface area contributed by atoms with Crippen LogP contribution >= 0.6 is 0 Å². The van der Waals surface area contributed by atoms with Gasteiger partial charge in [-0.2, -0.15) is 0 Å². The molecule has 2 aliphatic rings. The minimum atomic E-state index is 0.436. The number of Topliss-reactive ketones (excluding diaryl/α,β-unsaturated/α-hetero) is 1. The molecule has 74 valence electrons. The second-order valence-corrected chi connectivity index (χ2v) is 5.25.